The highest BCUT2D eigenvalue weighted by Gasteiger charge is 2.21. The lowest BCUT2D eigenvalue weighted by molar-refractivity contribution is 0.0954. The third-order valence-electron chi connectivity index (χ3n) is 3.56. The molecular formula is C18H13Cl2N3O3. The number of aromatic hydroxyl groups is 1. The van der Waals surface area contributed by atoms with Gasteiger partial charge in [0.15, 0.2) is 0 Å². The highest BCUT2D eigenvalue weighted by atomic mass is 35.5. The van der Waals surface area contributed by atoms with Crippen LogP contribution in [0, 0.1) is 6.92 Å². The van der Waals surface area contributed by atoms with Gasteiger partial charge in [0.25, 0.3) is 5.91 Å². The van der Waals surface area contributed by atoms with Crippen LogP contribution in [-0.4, -0.2) is 22.4 Å². The Morgan fingerprint density at radius 1 is 1.27 bits per heavy atom. The van der Waals surface area contributed by atoms with Crippen LogP contribution in [0.1, 0.15) is 21.7 Å². The first-order valence-electron chi connectivity index (χ1n) is 7.50. The third kappa shape index (κ3) is 3.71. The van der Waals surface area contributed by atoms with E-state index >= 15 is 0 Å². The molecule has 2 aromatic carbocycles. The van der Waals surface area contributed by atoms with Crippen molar-refractivity contribution in [3.05, 3.63) is 69.4 Å². The quantitative estimate of drug-likeness (QED) is 0.510. The molecule has 0 aliphatic heterocycles. The Morgan fingerprint density at radius 2 is 2.00 bits per heavy atom. The second kappa shape index (κ2) is 7.59. The van der Waals surface area contributed by atoms with Crippen molar-refractivity contribution in [2.45, 2.75) is 6.92 Å². The number of nitrogens with one attached hydrogen (secondary N) is 1. The van der Waals surface area contributed by atoms with Gasteiger partial charge in [0.2, 0.25) is 0 Å². The molecule has 3 aromatic rings. The zero-order valence-corrected chi connectivity index (χ0v) is 15.0. The summed E-state index contributed by atoms with van der Waals surface area (Å²) in [5.41, 5.74) is 4.10. The van der Waals surface area contributed by atoms with Gasteiger partial charge in [-0.1, -0.05) is 58.7 Å². The minimum Gasteiger partial charge on any atom is -0.506 e. The zero-order chi connectivity index (χ0) is 18.7. The van der Waals surface area contributed by atoms with Gasteiger partial charge in [0.1, 0.15) is 22.8 Å². The number of aryl methyl sites for hydroxylation is 1. The Labute approximate surface area is 159 Å². The van der Waals surface area contributed by atoms with Crippen LogP contribution in [0.25, 0.3) is 11.3 Å². The fraction of sp³-hybridized carbons (Fsp3) is 0.0556. The number of hydrazone groups is 1. The fourth-order valence-electron chi connectivity index (χ4n) is 2.33. The lowest BCUT2D eigenvalue weighted by Gasteiger charge is -2.03. The van der Waals surface area contributed by atoms with Gasteiger partial charge in [-0.2, -0.15) is 5.10 Å². The van der Waals surface area contributed by atoms with E-state index < -0.39 is 5.91 Å². The highest BCUT2D eigenvalue weighted by Crippen LogP contribution is 2.30. The van der Waals surface area contributed by atoms with E-state index in [9.17, 15) is 9.90 Å². The molecule has 0 saturated heterocycles. The maximum absolute atomic E-state index is 12.5. The number of hydrogen-bond donors (Lipinski definition) is 2. The van der Waals surface area contributed by atoms with Crippen molar-refractivity contribution in [2.75, 3.05) is 0 Å². The highest BCUT2D eigenvalue weighted by molar-refractivity contribution is 6.36. The Kier molecular flexibility index (Phi) is 5.25. The number of hydrogen-bond acceptors (Lipinski definition) is 5. The molecule has 2 N–H and O–H groups in total. The number of halogens is 2. The normalized spacial score (nSPS) is 11.0. The summed E-state index contributed by atoms with van der Waals surface area (Å²) in [6.07, 6.45) is 1.25. The molecule has 1 aromatic heterocycles. The number of amides is 1. The van der Waals surface area contributed by atoms with Crippen molar-refractivity contribution in [1.82, 2.24) is 10.6 Å². The van der Waals surface area contributed by atoms with Gasteiger partial charge in [-0.3, -0.25) is 4.79 Å². The molecule has 0 aliphatic carbocycles. The van der Waals surface area contributed by atoms with Gasteiger partial charge < -0.3 is 9.63 Å². The molecule has 0 unspecified atom stereocenters. The third-order valence-corrected chi connectivity index (χ3v) is 4.07. The summed E-state index contributed by atoms with van der Waals surface area (Å²) in [7, 11) is 0. The van der Waals surface area contributed by atoms with Gasteiger partial charge in [-0.25, -0.2) is 5.43 Å². The average molecular weight is 390 g/mol. The van der Waals surface area contributed by atoms with Gasteiger partial charge in [0.05, 0.1) is 11.2 Å². The first kappa shape index (κ1) is 18.0. The Balaban J connectivity index is 1.83. The molecule has 3 rings (SSSR count). The van der Waals surface area contributed by atoms with E-state index in [4.69, 9.17) is 27.7 Å². The number of phenols is 1. The van der Waals surface area contributed by atoms with E-state index in [1.54, 1.807) is 6.92 Å². The number of nitrogens with zero attached hydrogens (tertiary/aromatic N) is 2. The minimum atomic E-state index is -0.494. The molecule has 0 bridgehead atoms. The Bertz CT molecular complexity index is 985. The minimum absolute atomic E-state index is 0.0894. The second-order valence-corrected chi connectivity index (χ2v) is 6.20. The van der Waals surface area contributed by atoms with E-state index in [0.29, 0.717) is 16.5 Å². The van der Waals surface area contributed by atoms with Crippen LogP contribution in [0.2, 0.25) is 10.0 Å². The Hall–Kier alpha value is -2.83. The van der Waals surface area contributed by atoms with Crippen LogP contribution in [0.3, 0.4) is 0 Å². The summed E-state index contributed by atoms with van der Waals surface area (Å²) in [6.45, 7) is 1.64. The zero-order valence-electron chi connectivity index (χ0n) is 13.5. The van der Waals surface area contributed by atoms with E-state index in [0.717, 1.165) is 5.56 Å². The molecule has 132 valence electrons. The SMILES string of the molecule is Cc1onc(-c2ccccc2)c1C(=O)N/N=C/c1cc(Cl)cc(Cl)c1O. The van der Waals surface area contributed by atoms with Gasteiger partial charge in [-0.15, -0.1) is 0 Å². The maximum atomic E-state index is 12.5. The number of benzene rings is 2. The average Bonchev–Trinajstić information content (AvgIpc) is 3.01. The number of aromatic nitrogens is 1. The predicted molar refractivity (Wildman–Crippen MR) is 99.9 cm³/mol. The molecular weight excluding hydrogens is 377 g/mol. The Morgan fingerprint density at radius 3 is 2.73 bits per heavy atom. The molecule has 0 spiro atoms. The van der Waals surface area contributed by atoms with E-state index in [1.165, 1.54) is 18.3 Å². The van der Waals surface area contributed by atoms with Crippen LogP contribution in [0.15, 0.2) is 52.1 Å². The van der Waals surface area contributed by atoms with Crippen LogP contribution >= 0.6 is 23.2 Å². The second-order valence-electron chi connectivity index (χ2n) is 5.35. The summed E-state index contributed by atoms with van der Waals surface area (Å²) < 4.78 is 5.15. The lowest BCUT2D eigenvalue weighted by atomic mass is 10.1. The van der Waals surface area contributed by atoms with Crippen molar-refractivity contribution >= 4 is 35.3 Å². The molecule has 0 aliphatic rings. The van der Waals surface area contributed by atoms with E-state index in [1.807, 2.05) is 30.3 Å². The first-order chi connectivity index (χ1) is 12.5. The first-order valence-corrected chi connectivity index (χ1v) is 8.26. The van der Waals surface area contributed by atoms with Gasteiger partial charge in [-0.05, 0) is 19.1 Å². The van der Waals surface area contributed by atoms with E-state index in [2.05, 4.69) is 15.7 Å². The van der Waals surface area contributed by atoms with E-state index in [-0.39, 0.29) is 21.9 Å². The molecule has 26 heavy (non-hydrogen) atoms. The summed E-state index contributed by atoms with van der Waals surface area (Å²) >= 11 is 11.7. The molecule has 0 saturated carbocycles. The van der Waals surface area contributed by atoms with Crippen molar-refractivity contribution in [3.8, 4) is 17.0 Å². The summed E-state index contributed by atoms with van der Waals surface area (Å²) in [5, 5.41) is 18.1. The number of rotatable bonds is 4. The topological polar surface area (TPSA) is 87.7 Å². The number of carbonyl (C=O) groups excluding carboxylic acids is 1. The molecule has 1 heterocycles. The molecule has 0 radical (unpaired) electrons. The molecule has 0 fully saturated rings. The van der Waals surface area contributed by atoms with Crippen LogP contribution < -0.4 is 5.43 Å². The van der Waals surface area contributed by atoms with Gasteiger partial charge >= 0.3 is 0 Å². The van der Waals surface area contributed by atoms with Crippen LogP contribution in [0.4, 0.5) is 0 Å². The molecule has 1 amide bonds. The van der Waals surface area contributed by atoms with Crippen molar-refractivity contribution < 1.29 is 14.4 Å². The van der Waals surface area contributed by atoms with Crippen molar-refractivity contribution in [3.63, 3.8) is 0 Å². The largest absolute Gasteiger partial charge is 0.506 e. The summed E-state index contributed by atoms with van der Waals surface area (Å²) in [6, 6.07) is 12.1. The molecule has 6 nitrogen and oxygen atoms in total. The summed E-state index contributed by atoms with van der Waals surface area (Å²) in [4.78, 5) is 12.5. The van der Waals surface area contributed by atoms with Crippen LogP contribution in [-0.2, 0) is 0 Å². The predicted octanol–water partition coefficient (Wildman–Crippen LogP) is 4.43. The number of phenolic OH excluding ortho intramolecular Hbond substituents is 1. The lowest BCUT2D eigenvalue weighted by Crippen LogP contribution is -2.18. The van der Waals surface area contributed by atoms with Crippen LogP contribution in [0.5, 0.6) is 5.75 Å². The smallest absolute Gasteiger partial charge is 0.277 e. The van der Waals surface area contributed by atoms with Gasteiger partial charge in [0, 0.05) is 16.1 Å². The fourth-order valence-corrected chi connectivity index (χ4v) is 2.84. The van der Waals surface area contributed by atoms with Crippen molar-refractivity contribution in [2.24, 2.45) is 5.10 Å². The summed E-state index contributed by atoms with van der Waals surface area (Å²) in [5.74, 6) is -0.308. The molecule has 8 heteroatoms. The maximum Gasteiger partial charge on any atom is 0.277 e. The van der Waals surface area contributed by atoms with Crippen molar-refractivity contribution in [1.29, 1.82) is 0 Å². The number of carbonyl (C=O) groups is 1. The monoisotopic (exact) mass is 389 g/mol. The molecule has 0 atom stereocenters. The standard InChI is InChI=1S/C18H13Cl2N3O3/c1-10-15(16(23-26-10)11-5-3-2-4-6-11)18(25)22-21-9-12-7-13(19)8-14(20)17(12)24/h2-9,24H,1H3,(H,22,25)/b21-9+.